The summed E-state index contributed by atoms with van der Waals surface area (Å²) in [6.45, 7) is 3.45. The van der Waals surface area contributed by atoms with Crippen molar-refractivity contribution < 1.29 is 18.0 Å². The highest BCUT2D eigenvalue weighted by molar-refractivity contribution is 6.10. The predicted octanol–water partition coefficient (Wildman–Crippen LogP) is 4.87. The highest BCUT2D eigenvalue weighted by Gasteiger charge is 2.46. The van der Waals surface area contributed by atoms with Gasteiger partial charge in [0.2, 0.25) is 0 Å². The number of pyridine rings is 1. The number of hydrogen-bond acceptors (Lipinski definition) is 4. The molecule has 1 atom stereocenters. The van der Waals surface area contributed by atoms with Crippen molar-refractivity contribution in [3.8, 4) is 5.69 Å². The molecule has 1 aliphatic heterocycles. The van der Waals surface area contributed by atoms with E-state index in [1.54, 1.807) is 10.9 Å². The van der Waals surface area contributed by atoms with Gasteiger partial charge in [-0.25, -0.2) is 4.98 Å². The molecular formula is C23H20F3N5O. The van der Waals surface area contributed by atoms with Crippen LogP contribution in [0.3, 0.4) is 0 Å². The molecule has 32 heavy (non-hydrogen) atoms. The van der Waals surface area contributed by atoms with Gasteiger partial charge in [-0.2, -0.15) is 13.2 Å². The van der Waals surface area contributed by atoms with E-state index in [-0.39, 0.29) is 17.4 Å². The Balaban J connectivity index is 1.67. The van der Waals surface area contributed by atoms with Gasteiger partial charge in [0.1, 0.15) is 18.2 Å². The normalized spacial score (nSPS) is 18.6. The van der Waals surface area contributed by atoms with Gasteiger partial charge in [-0.1, -0.05) is 12.1 Å². The molecule has 9 heteroatoms. The van der Waals surface area contributed by atoms with Crippen molar-refractivity contribution in [2.45, 2.75) is 45.3 Å². The van der Waals surface area contributed by atoms with Gasteiger partial charge in [0.15, 0.2) is 5.82 Å². The second-order valence-electron chi connectivity index (χ2n) is 8.19. The molecule has 6 nitrogen and oxygen atoms in total. The maximum atomic E-state index is 13.5. The van der Waals surface area contributed by atoms with E-state index < -0.39 is 17.8 Å². The maximum absolute atomic E-state index is 13.5. The SMILES string of the molecule is Cc1cccc(-n2cnnc2C2C3=C(CCC3)C(=O)N2c2cc(C(F)(F)F)cc(C)n2)c1. The molecule has 0 spiro atoms. The van der Waals surface area contributed by atoms with Gasteiger partial charge < -0.3 is 0 Å². The highest BCUT2D eigenvalue weighted by Crippen LogP contribution is 2.47. The molecule has 1 unspecified atom stereocenters. The number of anilines is 1. The number of rotatable bonds is 3. The van der Waals surface area contributed by atoms with Crippen molar-refractivity contribution in [3.05, 3.63) is 76.5 Å². The van der Waals surface area contributed by atoms with Gasteiger partial charge in [0, 0.05) is 17.0 Å². The Morgan fingerprint density at radius 1 is 1.09 bits per heavy atom. The maximum Gasteiger partial charge on any atom is 0.416 e. The lowest BCUT2D eigenvalue weighted by Crippen LogP contribution is -2.33. The average Bonchev–Trinajstić information content (AvgIpc) is 3.44. The van der Waals surface area contributed by atoms with Crippen molar-refractivity contribution in [2.24, 2.45) is 0 Å². The zero-order chi connectivity index (χ0) is 22.6. The molecule has 2 aliphatic rings. The van der Waals surface area contributed by atoms with Gasteiger partial charge in [0.05, 0.1) is 5.56 Å². The minimum Gasteiger partial charge on any atom is -0.284 e. The number of aromatic nitrogens is 4. The summed E-state index contributed by atoms with van der Waals surface area (Å²) in [5.41, 5.74) is 2.74. The molecule has 3 aromatic rings. The topological polar surface area (TPSA) is 63.9 Å². The third kappa shape index (κ3) is 3.28. The number of benzene rings is 1. The van der Waals surface area contributed by atoms with Gasteiger partial charge >= 0.3 is 6.18 Å². The quantitative estimate of drug-likeness (QED) is 0.584. The first-order chi connectivity index (χ1) is 15.2. The zero-order valence-corrected chi connectivity index (χ0v) is 17.5. The molecule has 0 saturated carbocycles. The smallest absolute Gasteiger partial charge is 0.284 e. The van der Waals surface area contributed by atoms with E-state index in [0.717, 1.165) is 35.4 Å². The fraction of sp³-hybridized carbons (Fsp3) is 0.304. The lowest BCUT2D eigenvalue weighted by Gasteiger charge is -2.27. The third-order valence-electron chi connectivity index (χ3n) is 5.94. The highest BCUT2D eigenvalue weighted by atomic mass is 19.4. The summed E-state index contributed by atoms with van der Waals surface area (Å²) in [5.74, 6) is 0.140. The van der Waals surface area contributed by atoms with E-state index in [4.69, 9.17) is 0 Å². The number of amides is 1. The lowest BCUT2D eigenvalue weighted by molar-refractivity contribution is -0.137. The summed E-state index contributed by atoms with van der Waals surface area (Å²) in [5, 5.41) is 8.37. The summed E-state index contributed by atoms with van der Waals surface area (Å²) < 4.78 is 42.2. The fourth-order valence-electron chi connectivity index (χ4n) is 4.58. The summed E-state index contributed by atoms with van der Waals surface area (Å²) in [7, 11) is 0. The molecule has 1 aromatic carbocycles. The molecule has 2 aromatic heterocycles. The molecule has 164 valence electrons. The molecule has 0 saturated heterocycles. The van der Waals surface area contributed by atoms with Crippen LogP contribution in [0.2, 0.25) is 0 Å². The first-order valence-electron chi connectivity index (χ1n) is 10.3. The van der Waals surface area contributed by atoms with Crippen molar-refractivity contribution in [1.82, 2.24) is 19.7 Å². The van der Waals surface area contributed by atoms with Crippen molar-refractivity contribution in [2.75, 3.05) is 4.90 Å². The Kier molecular flexibility index (Phi) is 4.65. The number of halogens is 3. The van der Waals surface area contributed by atoms with Crippen LogP contribution in [0.25, 0.3) is 5.69 Å². The summed E-state index contributed by atoms with van der Waals surface area (Å²) in [6, 6.07) is 9.00. The van der Waals surface area contributed by atoms with E-state index in [2.05, 4.69) is 15.2 Å². The Labute approximate surface area is 182 Å². The fourth-order valence-corrected chi connectivity index (χ4v) is 4.58. The number of carbonyl (C=O) groups is 1. The summed E-state index contributed by atoms with van der Waals surface area (Å²) >= 11 is 0. The number of aryl methyl sites for hydroxylation is 2. The molecule has 0 fully saturated rings. The van der Waals surface area contributed by atoms with E-state index in [1.807, 2.05) is 31.2 Å². The Morgan fingerprint density at radius 3 is 2.66 bits per heavy atom. The van der Waals surface area contributed by atoms with E-state index >= 15 is 0 Å². The molecule has 3 heterocycles. The number of hydrogen-bond donors (Lipinski definition) is 0. The zero-order valence-electron chi connectivity index (χ0n) is 17.5. The van der Waals surface area contributed by atoms with Crippen LogP contribution in [0.4, 0.5) is 19.0 Å². The van der Waals surface area contributed by atoms with Crippen LogP contribution in [-0.2, 0) is 11.0 Å². The Morgan fingerprint density at radius 2 is 1.91 bits per heavy atom. The van der Waals surface area contributed by atoms with Crippen LogP contribution in [0.5, 0.6) is 0 Å². The van der Waals surface area contributed by atoms with E-state index in [0.29, 0.717) is 24.2 Å². The second kappa shape index (κ2) is 7.29. The van der Waals surface area contributed by atoms with Crippen LogP contribution >= 0.6 is 0 Å². The van der Waals surface area contributed by atoms with Crippen molar-refractivity contribution in [1.29, 1.82) is 0 Å². The van der Waals surface area contributed by atoms with Crippen LogP contribution in [0, 0.1) is 13.8 Å². The van der Waals surface area contributed by atoms with Crippen molar-refractivity contribution in [3.63, 3.8) is 0 Å². The van der Waals surface area contributed by atoms with E-state index in [1.165, 1.54) is 11.8 Å². The average molecular weight is 439 g/mol. The first kappa shape index (κ1) is 20.4. The first-order valence-corrected chi connectivity index (χ1v) is 10.3. The largest absolute Gasteiger partial charge is 0.416 e. The molecule has 1 amide bonds. The molecule has 5 rings (SSSR count). The molecule has 0 radical (unpaired) electrons. The van der Waals surface area contributed by atoms with Gasteiger partial charge in [0.25, 0.3) is 5.91 Å². The third-order valence-corrected chi connectivity index (χ3v) is 5.94. The molecular weight excluding hydrogens is 419 g/mol. The minimum absolute atomic E-state index is 0.0273. The lowest BCUT2D eigenvalue weighted by atomic mass is 10.0. The second-order valence-corrected chi connectivity index (χ2v) is 8.19. The minimum atomic E-state index is -4.54. The predicted molar refractivity (Wildman–Crippen MR) is 111 cm³/mol. The number of alkyl halides is 3. The van der Waals surface area contributed by atoms with Gasteiger partial charge in [-0.15, -0.1) is 10.2 Å². The number of nitrogens with zero attached hydrogens (tertiary/aromatic N) is 5. The van der Waals surface area contributed by atoms with Crippen LogP contribution in [0.15, 0.2) is 53.9 Å². The number of carbonyl (C=O) groups excluding carboxylic acids is 1. The Hall–Kier alpha value is -3.49. The van der Waals surface area contributed by atoms with Gasteiger partial charge in [-0.05, 0) is 68.5 Å². The summed E-state index contributed by atoms with van der Waals surface area (Å²) in [4.78, 5) is 19.0. The molecule has 0 bridgehead atoms. The van der Waals surface area contributed by atoms with Crippen molar-refractivity contribution >= 4 is 11.7 Å². The standard InChI is InChI=1S/C23H20F3N5O/c1-13-5-3-6-16(9-13)30-12-27-29-21(30)20-17-7-4-8-18(17)22(32)31(20)19-11-15(23(24,25)26)10-14(2)28-19/h3,5-6,9-12,20H,4,7-8H2,1-2H3. The summed E-state index contributed by atoms with van der Waals surface area (Å²) in [6.07, 6.45) is -0.878. The molecule has 0 N–H and O–H groups in total. The molecule has 1 aliphatic carbocycles. The van der Waals surface area contributed by atoms with Crippen LogP contribution in [0.1, 0.15) is 47.9 Å². The van der Waals surface area contributed by atoms with Gasteiger partial charge in [-0.3, -0.25) is 14.3 Å². The van der Waals surface area contributed by atoms with Crippen LogP contribution in [-0.4, -0.2) is 25.7 Å². The van der Waals surface area contributed by atoms with E-state index in [9.17, 15) is 18.0 Å². The monoisotopic (exact) mass is 439 g/mol. The van der Waals surface area contributed by atoms with Crippen LogP contribution < -0.4 is 4.90 Å². The Bertz CT molecular complexity index is 1260.